The lowest BCUT2D eigenvalue weighted by Crippen LogP contribution is -2.47. The average Bonchev–Trinajstić information content (AvgIpc) is 2.71. The molecule has 1 atom stereocenters. The number of nitrogens with one attached hydrogen (secondary N) is 1. The summed E-state index contributed by atoms with van der Waals surface area (Å²) in [6, 6.07) is 16.8. The summed E-state index contributed by atoms with van der Waals surface area (Å²) in [5.74, 6) is 0.890. The minimum Gasteiger partial charge on any atom is -0.497 e. The average molecular weight is 403 g/mol. The van der Waals surface area contributed by atoms with E-state index in [1.54, 1.807) is 7.11 Å². The standard InChI is InChI=1S/C21H26N2O4S/c1-27-19-9-7-17(8-10-19)11-12-22-21(24)20(18-5-3-2-4-6-18)23-13-15-28(25,26)16-14-23/h2-10,20H,11-16H2,1H3,(H,22,24). The molecule has 7 heteroatoms. The zero-order valence-corrected chi connectivity index (χ0v) is 16.8. The SMILES string of the molecule is COc1ccc(CCNC(=O)C(c2ccccc2)N2CCS(=O)(=O)CC2)cc1. The summed E-state index contributed by atoms with van der Waals surface area (Å²) in [4.78, 5) is 14.9. The summed E-state index contributed by atoms with van der Waals surface area (Å²) in [6.45, 7) is 1.25. The van der Waals surface area contributed by atoms with Gasteiger partial charge in [-0.05, 0) is 29.7 Å². The second-order valence-electron chi connectivity index (χ2n) is 6.89. The fourth-order valence-corrected chi connectivity index (χ4v) is 4.60. The van der Waals surface area contributed by atoms with Crippen LogP contribution in [0.3, 0.4) is 0 Å². The van der Waals surface area contributed by atoms with E-state index < -0.39 is 15.9 Å². The van der Waals surface area contributed by atoms with Crippen LogP contribution in [-0.4, -0.2) is 57.5 Å². The predicted octanol–water partition coefficient (Wildman–Crippen LogP) is 1.83. The molecular formula is C21H26N2O4S. The molecule has 1 aliphatic rings. The first-order valence-electron chi connectivity index (χ1n) is 9.38. The van der Waals surface area contributed by atoms with Gasteiger partial charge in [-0.15, -0.1) is 0 Å². The number of rotatable bonds is 7. The van der Waals surface area contributed by atoms with E-state index in [-0.39, 0.29) is 17.4 Å². The number of benzene rings is 2. The molecule has 6 nitrogen and oxygen atoms in total. The Hall–Kier alpha value is -2.38. The molecule has 1 N–H and O–H groups in total. The van der Waals surface area contributed by atoms with Gasteiger partial charge >= 0.3 is 0 Å². The molecule has 28 heavy (non-hydrogen) atoms. The van der Waals surface area contributed by atoms with E-state index in [0.29, 0.717) is 26.1 Å². The molecule has 0 aromatic heterocycles. The lowest BCUT2D eigenvalue weighted by molar-refractivity contribution is -0.126. The minimum absolute atomic E-state index is 0.0927. The molecule has 2 aromatic carbocycles. The molecule has 1 unspecified atom stereocenters. The van der Waals surface area contributed by atoms with E-state index in [4.69, 9.17) is 4.74 Å². The quantitative estimate of drug-likeness (QED) is 0.765. The van der Waals surface area contributed by atoms with Crippen molar-refractivity contribution in [3.63, 3.8) is 0 Å². The monoisotopic (exact) mass is 402 g/mol. The van der Waals surface area contributed by atoms with E-state index >= 15 is 0 Å². The van der Waals surface area contributed by atoms with Gasteiger partial charge in [-0.3, -0.25) is 9.69 Å². The summed E-state index contributed by atoms with van der Waals surface area (Å²) in [5.41, 5.74) is 1.99. The Morgan fingerprint density at radius 1 is 1.07 bits per heavy atom. The third-order valence-corrected chi connectivity index (χ3v) is 6.59. The summed E-state index contributed by atoms with van der Waals surface area (Å²) in [7, 11) is -1.37. The lowest BCUT2D eigenvalue weighted by atomic mass is 10.0. The molecule has 0 bridgehead atoms. The largest absolute Gasteiger partial charge is 0.497 e. The minimum atomic E-state index is -3.00. The topological polar surface area (TPSA) is 75.7 Å². The Balaban J connectivity index is 1.65. The highest BCUT2D eigenvalue weighted by molar-refractivity contribution is 7.91. The van der Waals surface area contributed by atoms with Gasteiger partial charge in [0.25, 0.3) is 0 Å². The maximum atomic E-state index is 13.0. The summed E-state index contributed by atoms with van der Waals surface area (Å²) in [5, 5.41) is 3.02. The number of sulfone groups is 1. The van der Waals surface area contributed by atoms with Crippen LogP contribution in [0.25, 0.3) is 0 Å². The molecule has 0 saturated carbocycles. The third-order valence-electron chi connectivity index (χ3n) is 4.98. The van der Waals surface area contributed by atoms with Gasteiger partial charge in [0.15, 0.2) is 9.84 Å². The van der Waals surface area contributed by atoms with Crippen LogP contribution in [0.4, 0.5) is 0 Å². The number of hydrogen-bond donors (Lipinski definition) is 1. The highest BCUT2D eigenvalue weighted by atomic mass is 32.2. The Morgan fingerprint density at radius 3 is 2.32 bits per heavy atom. The van der Waals surface area contributed by atoms with Gasteiger partial charge in [-0.1, -0.05) is 42.5 Å². The van der Waals surface area contributed by atoms with Crippen molar-refractivity contribution in [1.29, 1.82) is 0 Å². The van der Waals surface area contributed by atoms with Crippen molar-refractivity contribution >= 4 is 15.7 Å². The second kappa shape index (κ2) is 9.21. The molecule has 1 fully saturated rings. The first-order valence-corrected chi connectivity index (χ1v) is 11.2. The van der Waals surface area contributed by atoms with E-state index in [9.17, 15) is 13.2 Å². The summed E-state index contributed by atoms with van der Waals surface area (Å²) in [6.07, 6.45) is 0.714. The molecule has 150 valence electrons. The lowest BCUT2D eigenvalue weighted by Gasteiger charge is -2.33. The molecule has 1 heterocycles. The van der Waals surface area contributed by atoms with Crippen LogP contribution >= 0.6 is 0 Å². The number of carbonyl (C=O) groups is 1. The smallest absolute Gasteiger partial charge is 0.241 e. The van der Waals surface area contributed by atoms with Crippen LogP contribution in [0.15, 0.2) is 54.6 Å². The van der Waals surface area contributed by atoms with Gasteiger partial charge in [-0.25, -0.2) is 8.42 Å². The molecule has 1 aliphatic heterocycles. The van der Waals surface area contributed by atoms with Crippen LogP contribution in [0.1, 0.15) is 17.2 Å². The van der Waals surface area contributed by atoms with Gasteiger partial charge in [0.05, 0.1) is 18.6 Å². The number of methoxy groups -OCH3 is 1. The predicted molar refractivity (Wildman–Crippen MR) is 109 cm³/mol. The van der Waals surface area contributed by atoms with Crippen molar-refractivity contribution in [2.24, 2.45) is 0 Å². The maximum Gasteiger partial charge on any atom is 0.241 e. The normalized spacial score (nSPS) is 17.6. The van der Waals surface area contributed by atoms with Gasteiger partial charge in [-0.2, -0.15) is 0 Å². The van der Waals surface area contributed by atoms with Crippen LogP contribution in [0.2, 0.25) is 0 Å². The van der Waals surface area contributed by atoms with Gasteiger partial charge in [0.2, 0.25) is 5.91 Å². The van der Waals surface area contributed by atoms with Gasteiger partial charge in [0.1, 0.15) is 11.8 Å². The molecule has 3 rings (SSSR count). The number of nitrogens with zero attached hydrogens (tertiary/aromatic N) is 1. The Kier molecular flexibility index (Phi) is 6.70. The number of hydrogen-bond acceptors (Lipinski definition) is 5. The third kappa shape index (κ3) is 5.33. The van der Waals surface area contributed by atoms with Crippen molar-refractivity contribution < 1.29 is 17.9 Å². The van der Waals surface area contributed by atoms with E-state index in [0.717, 1.165) is 16.9 Å². The molecule has 1 amide bonds. The first kappa shape index (κ1) is 20.4. The van der Waals surface area contributed by atoms with Crippen LogP contribution < -0.4 is 10.1 Å². The van der Waals surface area contributed by atoms with Gasteiger partial charge < -0.3 is 10.1 Å². The number of ether oxygens (including phenoxy) is 1. The van der Waals surface area contributed by atoms with Crippen LogP contribution in [-0.2, 0) is 21.1 Å². The second-order valence-corrected chi connectivity index (χ2v) is 9.19. The Labute approximate surface area is 166 Å². The maximum absolute atomic E-state index is 13.0. The fraction of sp³-hybridized carbons (Fsp3) is 0.381. The summed E-state index contributed by atoms with van der Waals surface area (Å²) >= 11 is 0. The molecular weight excluding hydrogens is 376 g/mol. The van der Waals surface area contributed by atoms with Crippen molar-refractivity contribution in [1.82, 2.24) is 10.2 Å². The number of carbonyl (C=O) groups excluding carboxylic acids is 1. The highest BCUT2D eigenvalue weighted by Gasteiger charge is 2.32. The molecule has 1 saturated heterocycles. The van der Waals surface area contributed by atoms with Crippen molar-refractivity contribution in [2.75, 3.05) is 38.2 Å². The molecule has 0 aliphatic carbocycles. The summed E-state index contributed by atoms with van der Waals surface area (Å²) < 4.78 is 28.7. The zero-order chi connectivity index (χ0) is 20.0. The Bertz CT molecular complexity index is 868. The van der Waals surface area contributed by atoms with E-state index in [1.165, 1.54) is 0 Å². The van der Waals surface area contributed by atoms with Gasteiger partial charge in [0, 0.05) is 19.6 Å². The fourth-order valence-electron chi connectivity index (χ4n) is 3.37. The van der Waals surface area contributed by atoms with Crippen LogP contribution in [0, 0.1) is 0 Å². The van der Waals surface area contributed by atoms with E-state index in [2.05, 4.69) is 5.32 Å². The molecule has 0 spiro atoms. The molecule has 0 radical (unpaired) electrons. The first-order chi connectivity index (χ1) is 13.5. The van der Waals surface area contributed by atoms with Crippen molar-refractivity contribution in [2.45, 2.75) is 12.5 Å². The number of amides is 1. The zero-order valence-electron chi connectivity index (χ0n) is 16.0. The van der Waals surface area contributed by atoms with Crippen molar-refractivity contribution in [3.05, 3.63) is 65.7 Å². The highest BCUT2D eigenvalue weighted by Crippen LogP contribution is 2.23. The molecule has 2 aromatic rings. The Morgan fingerprint density at radius 2 is 1.71 bits per heavy atom. The van der Waals surface area contributed by atoms with Crippen LogP contribution in [0.5, 0.6) is 5.75 Å². The van der Waals surface area contributed by atoms with E-state index in [1.807, 2.05) is 59.5 Å². The van der Waals surface area contributed by atoms with Crippen molar-refractivity contribution in [3.8, 4) is 5.75 Å².